The van der Waals surface area contributed by atoms with Crippen molar-refractivity contribution in [3.63, 3.8) is 0 Å². The molecule has 1 heterocycles. The summed E-state index contributed by atoms with van der Waals surface area (Å²) in [6.45, 7) is 3.96. The number of benzene rings is 1. The number of methoxy groups -OCH3 is 1. The van der Waals surface area contributed by atoms with Gasteiger partial charge in [-0.05, 0) is 25.5 Å². The number of halogens is 1. The molecule has 0 aliphatic heterocycles. The Hall–Kier alpha value is -1.85. The molecule has 2 rings (SSSR count). The lowest BCUT2D eigenvalue weighted by Crippen LogP contribution is -2.13. The monoisotopic (exact) mass is 292 g/mol. The van der Waals surface area contributed by atoms with Gasteiger partial charge < -0.3 is 10.2 Å². The zero-order valence-corrected chi connectivity index (χ0v) is 12.5. The van der Waals surface area contributed by atoms with E-state index in [9.17, 15) is 0 Å². The number of ether oxygens (including phenoxy) is 1. The van der Waals surface area contributed by atoms with E-state index in [4.69, 9.17) is 22.2 Å². The lowest BCUT2D eigenvalue weighted by molar-refractivity contribution is 0.416. The van der Waals surface area contributed by atoms with Gasteiger partial charge in [-0.2, -0.15) is 0 Å². The molecule has 0 amide bonds. The highest BCUT2D eigenvalue weighted by Gasteiger charge is 2.16. The first-order valence-corrected chi connectivity index (χ1v) is 6.67. The second-order valence-electron chi connectivity index (χ2n) is 4.28. The van der Waals surface area contributed by atoms with Crippen molar-refractivity contribution < 1.29 is 4.74 Å². The maximum Gasteiger partial charge on any atom is 0.167 e. The van der Waals surface area contributed by atoms with Crippen molar-refractivity contribution in [1.82, 2.24) is 9.97 Å². The molecule has 1 aromatic heterocycles. The zero-order valence-electron chi connectivity index (χ0n) is 11.7. The average molecular weight is 293 g/mol. The number of rotatable bonds is 4. The van der Waals surface area contributed by atoms with Crippen LogP contribution in [-0.2, 0) is 6.42 Å². The van der Waals surface area contributed by atoms with E-state index < -0.39 is 0 Å². The van der Waals surface area contributed by atoms with Gasteiger partial charge >= 0.3 is 0 Å². The minimum absolute atomic E-state index is 0.503. The molecule has 0 fully saturated rings. The van der Waals surface area contributed by atoms with Crippen LogP contribution in [0.1, 0.15) is 18.2 Å². The normalized spacial score (nSPS) is 10.4. The third-order valence-corrected chi connectivity index (χ3v) is 3.45. The van der Waals surface area contributed by atoms with Crippen LogP contribution in [0.4, 0.5) is 5.82 Å². The number of nitrogens with two attached hydrogens (primary N) is 1. The summed E-state index contributed by atoms with van der Waals surface area (Å²) in [5.41, 5.74) is 5.13. The van der Waals surface area contributed by atoms with Crippen LogP contribution < -0.4 is 16.0 Å². The van der Waals surface area contributed by atoms with Crippen LogP contribution in [-0.4, -0.2) is 17.1 Å². The third kappa shape index (κ3) is 2.55. The quantitative estimate of drug-likeness (QED) is 0.669. The molecule has 0 unspecified atom stereocenters. The molecular formula is C14H17ClN4O. The molecule has 0 saturated carbocycles. The van der Waals surface area contributed by atoms with Gasteiger partial charge in [0.25, 0.3) is 0 Å². The van der Waals surface area contributed by atoms with Crippen LogP contribution >= 0.6 is 11.6 Å². The van der Waals surface area contributed by atoms with E-state index in [1.54, 1.807) is 13.2 Å². The highest BCUT2D eigenvalue weighted by Crippen LogP contribution is 2.35. The molecule has 5 nitrogen and oxygen atoms in total. The lowest BCUT2D eigenvalue weighted by atomic mass is 10.1. The first-order chi connectivity index (χ1) is 9.62. The van der Waals surface area contributed by atoms with E-state index in [1.165, 1.54) is 0 Å². The van der Waals surface area contributed by atoms with Gasteiger partial charge in [0.05, 0.1) is 17.7 Å². The van der Waals surface area contributed by atoms with Crippen molar-refractivity contribution >= 4 is 17.4 Å². The number of aryl methyl sites for hydroxylation is 1. The van der Waals surface area contributed by atoms with Crippen molar-refractivity contribution in [1.29, 1.82) is 0 Å². The molecule has 3 N–H and O–H groups in total. The maximum absolute atomic E-state index is 6.26. The third-order valence-electron chi connectivity index (χ3n) is 3.14. The smallest absolute Gasteiger partial charge is 0.167 e. The highest BCUT2D eigenvalue weighted by atomic mass is 35.5. The van der Waals surface area contributed by atoms with E-state index in [-0.39, 0.29) is 0 Å². The van der Waals surface area contributed by atoms with Gasteiger partial charge in [0.15, 0.2) is 5.82 Å². The average Bonchev–Trinajstić information content (AvgIpc) is 2.47. The van der Waals surface area contributed by atoms with Crippen LogP contribution in [0.5, 0.6) is 5.75 Å². The second kappa shape index (κ2) is 6.07. The summed E-state index contributed by atoms with van der Waals surface area (Å²) >= 11 is 6.26. The summed E-state index contributed by atoms with van der Waals surface area (Å²) in [7, 11) is 1.59. The van der Waals surface area contributed by atoms with E-state index in [1.807, 2.05) is 26.0 Å². The van der Waals surface area contributed by atoms with E-state index >= 15 is 0 Å². The van der Waals surface area contributed by atoms with Crippen LogP contribution in [0.2, 0.25) is 5.02 Å². The molecule has 106 valence electrons. The second-order valence-corrected chi connectivity index (χ2v) is 4.69. The number of anilines is 1. The van der Waals surface area contributed by atoms with Gasteiger partial charge in [-0.15, -0.1) is 0 Å². The lowest BCUT2D eigenvalue weighted by Gasteiger charge is -2.13. The molecule has 0 saturated heterocycles. The Morgan fingerprint density at radius 1 is 1.35 bits per heavy atom. The Morgan fingerprint density at radius 2 is 2.10 bits per heavy atom. The van der Waals surface area contributed by atoms with E-state index in [0.717, 1.165) is 17.7 Å². The van der Waals surface area contributed by atoms with Crippen LogP contribution in [0, 0.1) is 6.92 Å². The van der Waals surface area contributed by atoms with Gasteiger partial charge in [-0.3, -0.25) is 0 Å². The highest BCUT2D eigenvalue weighted by molar-refractivity contribution is 6.33. The fourth-order valence-corrected chi connectivity index (χ4v) is 2.30. The van der Waals surface area contributed by atoms with E-state index in [2.05, 4.69) is 15.4 Å². The first kappa shape index (κ1) is 14.6. The Bertz CT molecular complexity index is 606. The topological polar surface area (TPSA) is 73.1 Å². The summed E-state index contributed by atoms with van der Waals surface area (Å²) in [6, 6.07) is 5.43. The molecule has 1 aromatic carbocycles. The van der Waals surface area contributed by atoms with Gasteiger partial charge in [-0.1, -0.05) is 24.6 Å². The van der Waals surface area contributed by atoms with Crippen LogP contribution in [0.15, 0.2) is 18.2 Å². The molecule has 20 heavy (non-hydrogen) atoms. The number of hydrogen-bond donors (Lipinski definition) is 2. The van der Waals surface area contributed by atoms with Crippen molar-refractivity contribution in [2.45, 2.75) is 20.3 Å². The maximum atomic E-state index is 6.26. The number of aromatic nitrogens is 2. The minimum Gasteiger partial charge on any atom is -0.496 e. The van der Waals surface area contributed by atoms with Crippen LogP contribution in [0.25, 0.3) is 11.4 Å². The number of nitrogen functional groups attached to an aromatic ring is 1. The summed E-state index contributed by atoms with van der Waals surface area (Å²) in [4.78, 5) is 9.00. The van der Waals surface area contributed by atoms with Crippen LogP contribution in [0.3, 0.4) is 0 Å². The summed E-state index contributed by atoms with van der Waals surface area (Å²) in [5.74, 6) is 7.25. The number of hydrogen-bond acceptors (Lipinski definition) is 5. The molecule has 2 aromatic rings. The Labute approximate surface area is 123 Å². The number of hydrazine groups is 1. The minimum atomic E-state index is 0.503. The van der Waals surface area contributed by atoms with Gasteiger partial charge in [0.1, 0.15) is 11.6 Å². The van der Waals surface area contributed by atoms with Crippen molar-refractivity contribution in [2.75, 3.05) is 12.5 Å². The fraction of sp³-hybridized carbons (Fsp3) is 0.286. The number of nitrogens with zero attached hydrogens (tertiary/aromatic N) is 2. The number of nitrogens with one attached hydrogen (secondary N) is 1. The molecule has 0 aliphatic rings. The zero-order chi connectivity index (χ0) is 14.7. The fourth-order valence-electron chi connectivity index (χ4n) is 2.05. The SMILES string of the molecule is CCc1nc(-c2c(Cl)cccc2OC)nc(NN)c1C. The predicted octanol–water partition coefficient (Wildman–Crippen LogP) is 2.96. The first-order valence-electron chi connectivity index (χ1n) is 6.29. The van der Waals surface area contributed by atoms with E-state index in [0.29, 0.717) is 28.0 Å². The standard InChI is InChI=1S/C14H17ClN4O/c1-4-10-8(2)13(19-16)18-14(17-10)12-9(15)6-5-7-11(12)20-3/h5-7H,4,16H2,1-3H3,(H,17,18,19). The summed E-state index contributed by atoms with van der Waals surface area (Å²) < 4.78 is 5.34. The molecule has 0 aliphatic carbocycles. The largest absolute Gasteiger partial charge is 0.496 e. The molecular weight excluding hydrogens is 276 g/mol. The Balaban J connectivity index is 2.70. The molecule has 0 spiro atoms. The van der Waals surface area contributed by atoms with Crippen molar-refractivity contribution in [3.05, 3.63) is 34.5 Å². The van der Waals surface area contributed by atoms with Gasteiger partial charge in [0, 0.05) is 11.3 Å². The predicted molar refractivity (Wildman–Crippen MR) is 81.0 cm³/mol. The Morgan fingerprint density at radius 3 is 2.70 bits per heavy atom. The molecule has 0 bridgehead atoms. The van der Waals surface area contributed by atoms with Gasteiger partial charge in [0.2, 0.25) is 0 Å². The van der Waals surface area contributed by atoms with Crippen molar-refractivity contribution in [2.24, 2.45) is 5.84 Å². The molecule has 0 atom stereocenters. The summed E-state index contributed by atoms with van der Waals surface area (Å²) in [6.07, 6.45) is 0.781. The molecule has 6 heteroatoms. The van der Waals surface area contributed by atoms with Crippen molar-refractivity contribution in [3.8, 4) is 17.1 Å². The summed E-state index contributed by atoms with van der Waals surface area (Å²) in [5, 5.41) is 0.540. The molecule has 0 radical (unpaired) electrons. The van der Waals surface area contributed by atoms with Gasteiger partial charge in [-0.25, -0.2) is 15.8 Å². The Kier molecular flexibility index (Phi) is 4.42.